The van der Waals surface area contributed by atoms with Gasteiger partial charge < -0.3 is 0 Å². The second-order valence-electron chi connectivity index (χ2n) is 4.87. The van der Waals surface area contributed by atoms with Gasteiger partial charge in [-0.2, -0.15) is 0 Å². The second-order valence-corrected chi connectivity index (χ2v) is 4.87. The maximum absolute atomic E-state index is 12.1. The van der Waals surface area contributed by atoms with Crippen LogP contribution < -0.4 is 0 Å². The van der Waals surface area contributed by atoms with Crippen molar-refractivity contribution in [2.24, 2.45) is 5.92 Å². The summed E-state index contributed by atoms with van der Waals surface area (Å²) in [4.78, 5) is 48.6. The minimum atomic E-state index is -0.854. The summed E-state index contributed by atoms with van der Waals surface area (Å²) in [5.41, 5.74) is 0. The Morgan fingerprint density at radius 3 is 2.17 bits per heavy atom. The third kappa shape index (κ3) is 2.75. The first-order valence-corrected chi connectivity index (χ1v) is 5.90. The Morgan fingerprint density at radius 1 is 1.22 bits per heavy atom. The molecule has 1 unspecified atom stereocenters. The molecule has 0 aromatic heterocycles. The van der Waals surface area contributed by atoms with Gasteiger partial charge in [-0.05, 0) is 12.3 Å². The van der Waals surface area contributed by atoms with Crippen LogP contribution in [0.15, 0.2) is 0 Å². The van der Waals surface area contributed by atoms with E-state index in [-0.39, 0.29) is 12.5 Å². The van der Waals surface area contributed by atoms with Gasteiger partial charge in [0, 0.05) is 13.8 Å². The average molecular weight is 254 g/mol. The van der Waals surface area contributed by atoms with Gasteiger partial charge in [0.1, 0.15) is 12.6 Å². The van der Waals surface area contributed by atoms with Crippen LogP contribution in [-0.4, -0.2) is 46.0 Å². The number of piperazine rings is 1. The lowest BCUT2D eigenvalue weighted by Gasteiger charge is -2.37. The van der Waals surface area contributed by atoms with E-state index < -0.39 is 29.7 Å². The number of amides is 4. The Balaban J connectivity index is 3.08. The summed E-state index contributed by atoms with van der Waals surface area (Å²) in [5.74, 6) is -1.75. The highest BCUT2D eigenvalue weighted by Gasteiger charge is 2.42. The van der Waals surface area contributed by atoms with Crippen molar-refractivity contribution in [1.29, 1.82) is 0 Å². The summed E-state index contributed by atoms with van der Waals surface area (Å²) in [6.07, 6.45) is 0.369. The highest BCUT2D eigenvalue weighted by Crippen LogP contribution is 2.19. The molecule has 0 saturated carbocycles. The van der Waals surface area contributed by atoms with E-state index in [0.29, 0.717) is 6.42 Å². The Morgan fingerprint density at radius 2 is 1.78 bits per heavy atom. The van der Waals surface area contributed by atoms with Crippen molar-refractivity contribution in [3.05, 3.63) is 0 Å². The Labute approximate surface area is 106 Å². The number of nitrogens with zero attached hydrogens (tertiary/aromatic N) is 2. The van der Waals surface area contributed by atoms with Crippen molar-refractivity contribution >= 4 is 23.6 Å². The minimum Gasteiger partial charge on any atom is -0.275 e. The lowest BCUT2D eigenvalue weighted by atomic mass is 9.99. The third-order valence-electron chi connectivity index (χ3n) is 2.84. The van der Waals surface area contributed by atoms with Gasteiger partial charge in [0.2, 0.25) is 17.7 Å². The van der Waals surface area contributed by atoms with Crippen LogP contribution >= 0.6 is 0 Å². The lowest BCUT2D eigenvalue weighted by Crippen LogP contribution is -2.62. The molecule has 100 valence electrons. The number of carbonyl (C=O) groups excluding carboxylic acids is 4. The summed E-state index contributed by atoms with van der Waals surface area (Å²) >= 11 is 0. The molecular formula is C12H18N2O4. The summed E-state index contributed by atoms with van der Waals surface area (Å²) in [6.45, 7) is 5.93. The molecule has 4 amide bonds. The summed E-state index contributed by atoms with van der Waals surface area (Å²) in [7, 11) is 0. The maximum Gasteiger partial charge on any atom is 0.252 e. The molecule has 0 bridgehead atoms. The highest BCUT2D eigenvalue weighted by molar-refractivity contribution is 6.09. The van der Waals surface area contributed by atoms with E-state index in [4.69, 9.17) is 0 Å². The molecule has 1 fully saturated rings. The van der Waals surface area contributed by atoms with Crippen molar-refractivity contribution < 1.29 is 19.2 Å². The van der Waals surface area contributed by atoms with E-state index >= 15 is 0 Å². The van der Waals surface area contributed by atoms with Gasteiger partial charge in [0.25, 0.3) is 5.91 Å². The second kappa shape index (κ2) is 5.29. The molecule has 6 nitrogen and oxygen atoms in total. The summed E-state index contributed by atoms with van der Waals surface area (Å²) in [5, 5.41) is 0. The van der Waals surface area contributed by atoms with Gasteiger partial charge in [-0.15, -0.1) is 0 Å². The van der Waals surface area contributed by atoms with Gasteiger partial charge in [-0.1, -0.05) is 13.8 Å². The Hall–Kier alpha value is -1.72. The monoisotopic (exact) mass is 254 g/mol. The number of rotatable bonds is 2. The first-order chi connectivity index (χ1) is 8.25. The smallest absolute Gasteiger partial charge is 0.252 e. The molecule has 0 aromatic rings. The fourth-order valence-electron chi connectivity index (χ4n) is 2.07. The van der Waals surface area contributed by atoms with Crippen molar-refractivity contribution in [1.82, 2.24) is 9.80 Å². The molecule has 6 heteroatoms. The van der Waals surface area contributed by atoms with Crippen LogP contribution in [0, 0.1) is 5.92 Å². The number of carbonyl (C=O) groups is 4. The van der Waals surface area contributed by atoms with Crippen LogP contribution in [0.2, 0.25) is 0 Å². The number of hydrogen-bond donors (Lipinski definition) is 0. The van der Waals surface area contributed by atoms with Crippen LogP contribution in [0.5, 0.6) is 0 Å². The van der Waals surface area contributed by atoms with Crippen LogP contribution in [0.3, 0.4) is 0 Å². The third-order valence-corrected chi connectivity index (χ3v) is 2.84. The standard InChI is InChI=1S/C12H18N2O4/c1-7(2)5-10-12(18)13(8(3)15)6-11(17)14(10)9(4)16/h7,10H,5-6H2,1-4H3. The Kier molecular flexibility index (Phi) is 4.21. The molecular weight excluding hydrogens is 236 g/mol. The molecule has 1 heterocycles. The normalized spacial score (nSPS) is 20.6. The first-order valence-electron chi connectivity index (χ1n) is 5.90. The van der Waals surface area contributed by atoms with E-state index in [1.807, 2.05) is 13.8 Å². The van der Waals surface area contributed by atoms with Crippen LogP contribution in [0.4, 0.5) is 0 Å². The largest absolute Gasteiger partial charge is 0.275 e. The minimum absolute atomic E-state index is 0.139. The van der Waals surface area contributed by atoms with Crippen LogP contribution in [0.1, 0.15) is 34.1 Å². The van der Waals surface area contributed by atoms with Gasteiger partial charge in [-0.25, -0.2) is 0 Å². The molecule has 1 aliphatic heterocycles. The van der Waals surface area contributed by atoms with Crippen molar-refractivity contribution in [2.75, 3.05) is 6.54 Å². The quantitative estimate of drug-likeness (QED) is 0.703. The summed E-state index contributed by atoms with van der Waals surface area (Å²) < 4.78 is 0. The zero-order chi connectivity index (χ0) is 14.0. The Bertz CT molecular complexity index is 403. The van der Waals surface area contributed by atoms with E-state index in [0.717, 1.165) is 9.80 Å². The predicted octanol–water partition coefficient (Wildman–Crippen LogP) is 0.165. The van der Waals surface area contributed by atoms with E-state index in [1.54, 1.807) is 0 Å². The topological polar surface area (TPSA) is 74.8 Å². The van der Waals surface area contributed by atoms with Gasteiger partial charge >= 0.3 is 0 Å². The maximum atomic E-state index is 12.1. The lowest BCUT2D eigenvalue weighted by molar-refractivity contribution is -0.166. The van der Waals surface area contributed by atoms with Crippen molar-refractivity contribution in [2.45, 2.75) is 40.2 Å². The average Bonchev–Trinajstić information content (AvgIpc) is 2.21. The molecule has 1 aliphatic rings. The van der Waals surface area contributed by atoms with E-state index in [2.05, 4.69) is 0 Å². The van der Waals surface area contributed by atoms with E-state index in [1.165, 1.54) is 13.8 Å². The molecule has 0 spiro atoms. The fraction of sp³-hybridized carbons (Fsp3) is 0.667. The van der Waals surface area contributed by atoms with Crippen LogP contribution in [0.25, 0.3) is 0 Å². The molecule has 0 aromatic carbocycles. The van der Waals surface area contributed by atoms with Crippen molar-refractivity contribution in [3.8, 4) is 0 Å². The first kappa shape index (κ1) is 14.3. The number of hydrogen-bond acceptors (Lipinski definition) is 4. The summed E-state index contributed by atoms with van der Waals surface area (Å²) in [6, 6.07) is -0.854. The number of imide groups is 2. The fourth-order valence-corrected chi connectivity index (χ4v) is 2.07. The molecule has 1 rings (SSSR count). The molecule has 18 heavy (non-hydrogen) atoms. The highest BCUT2D eigenvalue weighted by atomic mass is 16.2. The van der Waals surface area contributed by atoms with E-state index in [9.17, 15) is 19.2 Å². The van der Waals surface area contributed by atoms with Gasteiger partial charge in [0.15, 0.2) is 0 Å². The van der Waals surface area contributed by atoms with Crippen molar-refractivity contribution in [3.63, 3.8) is 0 Å². The molecule has 0 N–H and O–H groups in total. The SMILES string of the molecule is CC(=O)N1CC(=O)N(C(C)=O)C(CC(C)C)C1=O. The molecule has 1 atom stereocenters. The molecule has 0 aliphatic carbocycles. The molecule has 1 saturated heterocycles. The zero-order valence-electron chi connectivity index (χ0n) is 11.1. The molecule has 0 radical (unpaired) electrons. The van der Waals surface area contributed by atoms with Gasteiger partial charge in [0.05, 0.1) is 0 Å². The predicted molar refractivity (Wildman–Crippen MR) is 63.2 cm³/mol. The zero-order valence-corrected chi connectivity index (χ0v) is 11.1. The van der Waals surface area contributed by atoms with Gasteiger partial charge in [-0.3, -0.25) is 29.0 Å². The van der Waals surface area contributed by atoms with Crippen LogP contribution in [-0.2, 0) is 19.2 Å².